The zero-order valence-electron chi connectivity index (χ0n) is 9.97. The van der Waals surface area contributed by atoms with Crippen molar-refractivity contribution in [3.8, 4) is 0 Å². The predicted octanol–water partition coefficient (Wildman–Crippen LogP) is 1.64. The smallest absolute Gasteiger partial charge is 0.157 e. The Hall–Kier alpha value is -0.970. The van der Waals surface area contributed by atoms with Gasteiger partial charge in [-0.2, -0.15) is 5.10 Å². The van der Waals surface area contributed by atoms with Crippen LogP contribution in [0.2, 0.25) is 0 Å². The minimum absolute atomic E-state index is 0.517. The van der Waals surface area contributed by atoms with Gasteiger partial charge in [-0.3, -0.25) is 9.67 Å². The molecule has 1 saturated heterocycles. The summed E-state index contributed by atoms with van der Waals surface area (Å²) in [6.07, 6.45) is 1.95. The number of amidine groups is 1. The van der Waals surface area contributed by atoms with E-state index in [2.05, 4.69) is 29.3 Å². The lowest BCUT2D eigenvalue weighted by molar-refractivity contribution is 0.490. The summed E-state index contributed by atoms with van der Waals surface area (Å²) in [5.41, 5.74) is 1.02. The van der Waals surface area contributed by atoms with E-state index in [4.69, 9.17) is 0 Å². The SMILES string of the molecule is CC1CSC(=NCc2ccn(C)n2)NC1C. The van der Waals surface area contributed by atoms with Crippen LogP contribution in [0.15, 0.2) is 17.3 Å². The second-order valence-electron chi connectivity index (χ2n) is 4.32. The monoisotopic (exact) mass is 238 g/mol. The van der Waals surface area contributed by atoms with Gasteiger partial charge in [0.1, 0.15) is 0 Å². The zero-order chi connectivity index (χ0) is 11.5. The Morgan fingerprint density at radius 2 is 2.44 bits per heavy atom. The van der Waals surface area contributed by atoms with Crippen molar-refractivity contribution in [1.29, 1.82) is 0 Å². The molecule has 0 radical (unpaired) electrons. The molecular formula is C11H18N4S. The quantitative estimate of drug-likeness (QED) is 0.851. The first-order chi connectivity index (χ1) is 7.65. The Bertz CT molecular complexity index is 385. The highest BCUT2D eigenvalue weighted by molar-refractivity contribution is 8.13. The maximum atomic E-state index is 4.54. The normalized spacial score (nSPS) is 28.1. The summed E-state index contributed by atoms with van der Waals surface area (Å²) in [6, 6.07) is 2.52. The first kappa shape index (κ1) is 11.5. The van der Waals surface area contributed by atoms with Gasteiger partial charge in [0.05, 0.1) is 12.2 Å². The molecule has 5 heteroatoms. The Kier molecular flexibility index (Phi) is 3.53. The third-order valence-electron chi connectivity index (χ3n) is 2.84. The van der Waals surface area contributed by atoms with E-state index in [1.165, 1.54) is 0 Å². The van der Waals surface area contributed by atoms with Crippen molar-refractivity contribution >= 4 is 16.9 Å². The Labute approximate surface area is 101 Å². The zero-order valence-corrected chi connectivity index (χ0v) is 10.8. The maximum absolute atomic E-state index is 4.54. The van der Waals surface area contributed by atoms with Crippen LogP contribution in [0.4, 0.5) is 0 Å². The number of thioether (sulfide) groups is 1. The Morgan fingerprint density at radius 1 is 1.62 bits per heavy atom. The minimum atomic E-state index is 0.517. The van der Waals surface area contributed by atoms with Crippen LogP contribution in [0, 0.1) is 5.92 Å². The Morgan fingerprint density at radius 3 is 3.06 bits per heavy atom. The molecule has 1 aliphatic heterocycles. The van der Waals surface area contributed by atoms with Crippen LogP contribution in [-0.2, 0) is 13.6 Å². The Balaban J connectivity index is 1.93. The number of hydrogen-bond donors (Lipinski definition) is 1. The topological polar surface area (TPSA) is 42.2 Å². The molecule has 1 aromatic rings. The summed E-state index contributed by atoms with van der Waals surface area (Å²) in [4.78, 5) is 4.54. The van der Waals surface area contributed by atoms with Gasteiger partial charge in [0.2, 0.25) is 0 Å². The van der Waals surface area contributed by atoms with Crippen molar-refractivity contribution in [2.24, 2.45) is 18.0 Å². The molecule has 0 amide bonds. The van der Waals surface area contributed by atoms with Crippen LogP contribution in [-0.4, -0.2) is 26.7 Å². The number of rotatable bonds is 2. The number of hydrogen-bond acceptors (Lipinski definition) is 3. The van der Waals surface area contributed by atoms with Gasteiger partial charge in [-0.15, -0.1) is 0 Å². The fourth-order valence-electron chi connectivity index (χ4n) is 1.53. The molecule has 0 saturated carbocycles. The highest BCUT2D eigenvalue weighted by Gasteiger charge is 2.20. The van der Waals surface area contributed by atoms with Crippen molar-refractivity contribution in [2.45, 2.75) is 26.4 Å². The molecule has 1 aromatic heterocycles. The molecule has 0 aliphatic carbocycles. The standard InChI is InChI=1S/C11H18N4S/c1-8-7-16-11(13-9(8)2)12-6-10-4-5-15(3)14-10/h4-5,8-9H,6-7H2,1-3H3,(H,12,13). The second-order valence-corrected chi connectivity index (χ2v) is 5.33. The first-order valence-electron chi connectivity index (χ1n) is 5.57. The molecule has 4 nitrogen and oxygen atoms in total. The van der Waals surface area contributed by atoms with Crippen molar-refractivity contribution < 1.29 is 0 Å². The largest absolute Gasteiger partial charge is 0.362 e. The first-order valence-corrected chi connectivity index (χ1v) is 6.56. The summed E-state index contributed by atoms with van der Waals surface area (Å²) in [6.45, 7) is 5.14. The summed E-state index contributed by atoms with van der Waals surface area (Å²) < 4.78 is 1.81. The average Bonchev–Trinajstić information content (AvgIpc) is 2.66. The van der Waals surface area contributed by atoms with Crippen LogP contribution >= 0.6 is 11.8 Å². The van der Waals surface area contributed by atoms with Gasteiger partial charge in [-0.05, 0) is 18.9 Å². The van der Waals surface area contributed by atoms with Gasteiger partial charge in [0.15, 0.2) is 5.17 Å². The van der Waals surface area contributed by atoms with E-state index in [0.29, 0.717) is 18.5 Å². The van der Waals surface area contributed by atoms with E-state index >= 15 is 0 Å². The van der Waals surface area contributed by atoms with E-state index in [-0.39, 0.29) is 0 Å². The number of aromatic nitrogens is 2. The molecular weight excluding hydrogens is 220 g/mol. The molecule has 2 heterocycles. The summed E-state index contributed by atoms with van der Waals surface area (Å²) in [5, 5.41) is 8.78. The molecule has 16 heavy (non-hydrogen) atoms. The van der Waals surface area contributed by atoms with Gasteiger partial charge in [0.25, 0.3) is 0 Å². The van der Waals surface area contributed by atoms with Crippen molar-refractivity contribution in [1.82, 2.24) is 15.1 Å². The fraction of sp³-hybridized carbons (Fsp3) is 0.636. The molecule has 1 aliphatic rings. The maximum Gasteiger partial charge on any atom is 0.157 e. The third kappa shape index (κ3) is 2.78. The molecule has 0 bridgehead atoms. The number of nitrogens with zero attached hydrogens (tertiary/aromatic N) is 3. The number of nitrogens with one attached hydrogen (secondary N) is 1. The predicted molar refractivity (Wildman–Crippen MR) is 68.6 cm³/mol. The molecule has 1 fully saturated rings. The average molecular weight is 238 g/mol. The van der Waals surface area contributed by atoms with Gasteiger partial charge < -0.3 is 5.32 Å². The van der Waals surface area contributed by atoms with Gasteiger partial charge in [-0.1, -0.05) is 18.7 Å². The highest BCUT2D eigenvalue weighted by Crippen LogP contribution is 2.19. The van der Waals surface area contributed by atoms with Gasteiger partial charge in [0, 0.05) is 25.0 Å². The lowest BCUT2D eigenvalue weighted by atomic mass is 10.1. The van der Waals surface area contributed by atoms with Crippen LogP contribution in [0.1, 0.15) is 19.5 Å². The van der Waals surface area contributed by atoms with Crippen molar-refractivity contribution in [3.63, 3.8) is 0 Å². The van der Waals surface area contributed by atoms with Crippen LogP contribution in [0.25, 0.3) is 0 Å². The molecule has 2 atom stereocenters. The molecule has 0 spiro atoms. The van der Waals surface area contributed by atoms with Crippen LogP contribution in [0.3, 0.4) is 0 Å². The molecule has 2 rings (SSSR count). The number of aryl methyl sites for hydroxylation is 1. The van der Waals surface area contributed by atoms with Gasteiger partial charge in [-0.25, -0.2) is 0 Å². The van der Waals surface area contributed by atoms with Gasteiger partial charge >= 0.3 is 0 Å². The summed E-state index contributed by atoms with van der Waals surface area (Å²) >= 11 is 1.81. The van der Waals surface area contributed by atoms with Crippen molar-refractivity contribution in [3.05, 3.63) is 18.0 Å². The molecule has 2 unspecified atom stereocenters. The summed E-state index contributed by atoms with van der Waals surface area (Å²) in [7, 11) is 1.92. The van der Waals surface area contributed by atoms with E-state index in [1.54, 1.807) is 11.8 Å². The van der Waals surface area contributed by atoms with Crippen LogP contribution < -0.4 is 5.32 Å². The second kappa shape index (κ2) is 4.91. The molecule has 0 aromatic carbocycles. The number of aliphatic imine (C=N–C) groups is 1. The van der Waals surface area contributed by atoms with E-state index in [9.17, 15) is 0 Å². The third-order valence-corrected chi connectivity index (χ3v) is 4.05. The molecule has 1 N–H and O–H groups in total. The lowest BCUT2D eigenvalue weighted by Gasteiger charge is -2.28. The summed E-state index contributed by atoms with van der Waals surface area (Å²) in [5.74, 6) is 1.86. The van der Waals surface area contributed by atoms with E-state index in [0.717, 1.165) is 16.6 Å². The minimum Gasteiger partial charge on any atom is -0.362 e. The van der Waals surface area contributed by atoms with Crippen LogP contribution in [0.5, 0.6) is 0 Å². The van der Waals surface area contributed by atoms with Crippen molar-refractivity contribution in [2.75, 3.05) is 5.75 Å². The highest BCUT2D eigenvalue weighted by atomic mass is 32.2. The van der Waals surface area contributed by atoms with E-state index < -0.39 is 0 Å². The van der Waals surface area contributed by atoms with E-state index in [1.807, 2.05) is 24.0 Å². The lowest BCUT2D eigenvalue weighted by Crippen LogP contribution is -2.41. The molecule has 88 valence electrons. The fourth-order valence-corrected chi connectivity index (χ4v) is 2.66.